The molecular formula is C20H18N4O4. The number of aromatic nitrogens is 4. The highest BCUT2D eigenvalue weighted by Crippen LogP contribution is 2.26. The molecule has 0 saturated carbocycles. The molecule has 8 heteroatoms. The lowest BCUT2D eigenvalue weighted by Crippen LogP contribution is -2.16. The molecule has 4 aromatic rings. The van der Waals surface area contributed by atoms with Crippen LogP contribution in [0.5, 0.6) is 0 Å². The Morgan fingerprint density at radius 1 is 0.964 bits per heavy atom. The number of nitrogens with zero attached hydrogens (tertiary/aromatic N) is 2. The smallest absolute Gasteiger partial charge is 0.314 e. The van der Waals surface area contributed by atoms with Crippen LogP contribution >= 0.6 is 0 Å². The standard InChI is InChI=1S/C20H18N4O4/c25-17(26)9-8-16-21-15-7-3-4-11(18(15)24-16)10-12(20(27)28)19-22-13-5-1-2-6-14(13)23-19/h1-7,12H,8-10H2,(H,21,24)(H,22,23)(H,25,26)(H,27,28). The summed E-state index contributed by atoms with van der Waals surface area (Å²) >= 11 is 0. The van der Waals surface area contributed by atoms with Crippen LogP contribution in [0.25, 0.3) is 22.1 Å². The van der Waals surface area contributed by atoms with Gasteiger partial charge in [0.15, 0.2) is 0 Å². The van der Waals surface area contributed by atoms with Crippen LogP contribution in [0.1, 0.15) is 29.6 Å². The Morgan fingerprint density at radius 2 is 1.75 bits per heavy atom. The quantitative estimate of drug-likeness (QED) is 0.391. The highest BCUT2D eigenvalue weighted by molar-refractivity contribution is 5.83. The molecule has 1 atom stereocenters. The average Bonchev–Trinajstić information content (AvgIpc) is 3.27. The maximum Gasteiger partial charge on any atom is 0.314 e. The largest absolute Gasteiger partial charge is 0.481 e. The second kappa shape index (κ2) is 7.15. The normalized spacial score (nSPS) is 12.4. The first-order valence-electron chi connectivity index (χ1n) is 8.87. The molecule has 0 aliphatic carbocycles. The third-order valence-corrected chi connectivity index (χ3v) is 4.68. The first-order valence-corrected chi connectivity index (χ1v) is 8.87. The van der Waals surface area contributed by atoms with E-state index in [1.165, 1.54) is 0 Å². The van der Waals surface area contributed by atoms with Gasteiger partial charge in [0.25, 0.3) is 0 Å². The number of nitrogens with one attached hydrogen (secondary N) is 2. The van der Waals surface area contributed by atoms with Gasteiger partial charge in [0.05, 0.1) is 28.5 Å². The summed E-state index contributed by atoms with van der Waals surface area (Å²) in [5.74, 6) is -1.75. The number of carbonyl (C=O) groups is 2. The Morgan fingerprint density at radius 3 is 2.50 bits per heavy atom. The monoisotopic (exact) mass is 378 g/mol. The molecule has 4 N–H and O–H groups in total. The SMILES string of the molecule is O=C(O)CCc1nc2c(CC(C(=O)O)c3nc4ccccc4[nH]3)cccc2[nH]1. The number of aryl methyl sites for hydroxylation is 1. The van der Waals surface area contributed by atoms with E-state index in [1.807, 2.05) is 42.5 Å². The number of carboxylic acids is 2. The number of rotatable bonds is 7. The van der Waals surface area contributed by atoms with E-state index >= 15 is 0 Å². The number of benzene rings is 2. The van der Waals surface area contributed by atoms with Crippen LogP contribution in [0.3, 0.4) is 0 Å². The lowest BCUT2D eigenvalue weighted by atomic mass is 9.98. The number of hydrogen-bond acceptors (Lipinski definition) is 4. The number of aromatic amines is 2. The zero-order chi connectivity index (χ0) is 19.7. The third kappa shape index (κ3) is 3.44. The number of aliphatic carboxylic acids is 2. The van der Waals surface area contributed by atoms with Crippen molar-refractivity contribution in [3.8, 4) is 0 Å². The van der Waals surface area contributed by atoms with Crippen LogP contribution in [-0.2, 0) is 22.4 Å². The Bertz CT molecular complexity index is 1140. The second-order valence-corrected chi connectivity index (χ2v) is 6.62. The van der Waals surface area contributed by atoms with E-state index in [0.717, 1.165) is 22.1 Å². The van der Waals surface area contributed by atoms with Crippen molar-refractivity contribution in [2.75, 3.05) is 0 Å². The number of hydrogen-bond donors (Lipinski definition) is 4. The van der Waals surface area contributed by atoms with Crippen LogP contribution < -0.4 is 0 Å². The molecule has 28 heavy (non-hydrogen) atoms. The van der Waals surface area contributed by atoms with E-state index < -0.39 is 17.9 Å². The summed E-state index contributed by atoms with van der Waals surface area (Å²) in [4.78, 5) is 37.9. The van der Waals surface area contributed by atoms with Crippen LogP contribution in [0.2, 0.25) is 0 Å². The molecule has 2 aromatic carbocycles. The zero-order valence-corrected chi connectivity index (χ0v) is 14.8. The molecule has 0 bridgehead atoms. The number of imidazole rings is 2. The molecular weight excluding hydrogens is 360 g/mol. The van der Waals surface area contributed by atoms with Gasteiger partial charge in [0.1, 0.15) is 17.6 Å². The molecule has 0 radical (unpaired) electrons. The van der Waals surface area contributed by atoms with Crippen LogP contribution in [-0.4, -0.2) is 42.1 Å². The molecule has 0 aliphatic rings. The van der Waals surface area contributed by atoms with Crippen molar-refractivity contribution in [3.63, 3.8) is 0 Å². The van der Waals surface area contributed by atoms with E-state index in [4.69, 9.17) is 5.11 Å². The van der Waals surface area contributed by atoms with Crippen molar-refractivity contribution in [2.45, 2.75) is 25.2 Å². The average molecular weight is 378 g/mol. The van der Waals surface area contributed by atoms with Gasteiger partial charge in [-0.2, -0.15) is 0 Å². The van der Waals surface area contributed by atoms with Gasteiger partial charge in [-0.25, -0.2) is 9.97 Å². The zero-order valence-electron chi connectivity index (χ0n) is 14.8. The molecule has 2 aromatic heterocycles. The van der Waals surface area contributed by atoms with E-state index in [9.17, 15) is 14.7 Å². The summed E-state index contributed by atoms with van der Waals surface area (Å²) in [6.45, 7) is 0. The number of H-pyrrole nitrogens is 2. The highest BCUT2D eigenvalue weighted by Gasteiger charge is 2.25. The molecule has 8 nitrogen and oxygen atoms in total. The van der Waals surface area contributed by atoms with Gasteiger partial charge in [-0.05, 0) is 30.2 Å². The van der Waals surface area contributed by atoms with Crippen molar-refractivity contribution < 1.29 is 19.8 Å². The van der Waals surface area contributed by atoms with Gasteiger partial charge in [-0.3, -0.25) is 9.59 Å². The van der Waals surface area contributed by atoms with Gasteiger partial charge in [0.2, 0.25) is 0 Å². The Hall–Kier alpha value is -3.68. The summed E-state index contributed by atoms with van der Waals surface area (Å²) in [7, 11) is 0. The Labute approximate surface area is 159 Å². The third-order valence-electron chi connectivity index (χ3n) is 4.68. The molecule has 2 heterocycles. The number of fused-ring (bicyclic) bond motifs is 2. The van der Waals surface area contributed by atoms with E-state index in [0.29, 0.717) is 17.2 Å². The first kappa shape index (κ1) is 17.7. The van der Waals surface area contributed by atoms with Crippen molar-refractivity contribution in [1.29, 1.82) is 0 Å². The molecule has 142 valence electrons. The van der Waals surface area contributed by atoms with Gasteiger partial charge in [-0.1, -0.05) is 24.3 Å². The lowest BCUT2D eigenvalue weighted by molar-refractivity contribution is -0.139. The van der Waals surface area contributed by atoms with Crippen LogP contribution in [0.15, 0.2) is 42.5 Å². The summed E-state index contributed by atoms with van der Waals surface area (Å²) in [6.07, 6.45) is 0.483. The maximum atomic E-state index is 11.9. The molecule has 0 amide bonds. The van der Waals surface area contributed by atoms with Gasteiger partial charge in [0, 0.05) is 6.42 Å². The van der Waals surface area contributed by atoms with E-state index in [1.54, 1.807) is 0 Å². The van der Waals surface area contributed by atoms with Crippen molar-refractivity contribution >= 4 is 34.0 Å². The molecule has 0 spiro atoms. The van der Waals surface area contributed by atoms with Crippen LogP contribution in [0.4, 0.5) is 0 Å². The molecule has 0 aliphatic heterocycles. The minimum Gasteiger partial charge on any atom is -0.481 e. The second-order valence-electron chi connectivity index (χ2n) is 6.62. The first-order chi connectivity index (χ1) is 13.5. The minimum atomic E-state index is -0.974. The predicted octanol–water partition coefficient (Wildman–Crippen LogP) is 2.87. The number of carboxylic acid groups (broad SMARTS) is 2. The summed E-state index contributed by atoms with van der Waals surface area (Å²) in [5, 5.41) is 18.6. The fourth-order valence-corrected chi connectivity index (χ4v) is 3.31. The molecule has 0 fully saturated rings. The maximum absolute atomic E-state index is 11.9. The number of para-hydroxylation sites is 3. The Kier molecular flexibility index (Phi) is 4.52. The fourth-order valence-electron chi connectivity index (χ4n) is 3.31. The Balaban J connectivity index is 1.67. The minimum absolute atomic E-state index is 0.0219. The highest BCUT2D eigenvalue weighted by atomic mass is 16.4. The van der Waals surface area contributed by atoms with Crippen molar-refractivity contribution in [3.05, 3.63) is 59.7 Å². The molecule has 4 rings (SSSR count). The van der Waals surface area contributed by atoms with Crippen LogP contribution in [0, 0.1) is 0 Å². The van der Waals surface area contributed by atoms with E-state index in [2.05, 4.69) is 19.9 Å². The van der Waals surface area contributed by atoms with Gasteiger partial charge < -0.3 is 20.2 Å². The van der Waals surface area contributed by atoms with Gasteiger partial charge in [-0.15, -0.1) is 0 Å². The topological polar surface area (TPSA) is 132 Å². The summed E-state index contributed by atoms with van der Waals surface area (Å²) in [5.41, 5.74) is 3.69. The van der Waals surface area contributed by atoms with Crippen molar-refractivity contribution in [2.24, 2.45) is 0 Å². The lowest BCUT2D eigenvalue weighted by Gasteiger charge is -2.10. The van der Waals surface area contributed by atoms with Crippen molar-refractivity contribution in [1.82, 2.24) is 19.9 Å². The van der Waals surface area contributed by atoms with E-state index in [-0.39, 0.29) is 19.3 Å². The fraction of sp³-hybridized carbons (Fsp3) is 0.200. The van der Waals surface area contributed by atoms with Gasteiger partial charge >= 0.3 is 11.9 Å². The predicted molar refractivity (Wildman–Crippen MR) is 102 cm³/mol. The summed E-state index contributed by atoms with van der Waals surface area (Å²) in [6, 6.07) is 12.9. The summed E-state index contributed by atoms with van der Waals surface area (Å²) < 4.78 is 0. The molecule has 1 unspecified atom stereocenters. The molecule has 0 saturated heterocycles.